The molecule has 0 rings (SSSR count). The minimum atomic E-state index is -0.938. The van der Waals surface area contributed by atoms with E-state index in [1.807, 2.05) is 13.8 Å². The normalized spacial score (nSPS) is 14.9. The minimum absolute atomic E-state index is 0.169. The summed E-state index contributed by atoms with van der Waals surface area (Å²) in [5, 5.41) is 0. The molecule has 1 atom stereocenters. The molecule has 84 valence electrons. The molecule has 0 radical (unpaired) electrons. The summed E-state index contributed by atoms with van der Waals surface area (Å²) in [5.41, 5.74) is 4.63. The van der Waals surface area contributed by atoms with Crippen molar-refractivity contribution < 1.29 is 14.3 Å². The Morgan fingerprint density at radius 3 is 2.36 bits per heavy atom. The summed E-state index contributed by atoms with van der Waals surface area (Å²) in [6, 6.07) is 0. The van der Waals surface area contributed by atoms with Gasteiger partial charge in [-0.3, -0.25) is 0 Å². The van der Waals surface area contributed by atoms with Crippen LogP contribution in [0, 0.1) is 0 Å². The zero-order chi connectivity index (χ0) is 11.0. The predicted molar refractivity (Wildman–Crippen MR) is 55.0 cm³/mol. The maximum Gasteiger partial charge on any atom is 0.339 e. The molecule has 0 bridgehead atoms. The van der Waals surface area contributed by atoms with Crippen LogP contribution in [0.2, 0.25) is 0 Å². The van der Waals surface area contributed by atoms with Gasteiger partial charge in [-0.2, -0.15) is 0 Å². The second-order valence-corrected chi connectivity index (χ2v) is 3.12. The van der Waals surface area contributed by atoms with E-state index >= 15 is 0 Å². The molecule has 1 unspecified atom stereocenters. The number of carbonyl (C=O) groups excluding carboxylic acids is 1. The molecule has 0 aromatic rings. The summed E-state index contributed by atoms with van der Waals surface area (Å²) in [4.78, 5) is 11.6. The smallest absolute Gasteiger partial charge is 0.339 e. The average molecular weight is 203 g/mol. The van der Waals surface area contributed by atoms with Crippen molar-refractivity contribution in [1.82, 2.24) is 0 Å². The van der Waals surface area contributed by atoms with Gasteiger partial charge in [-0.1, -0.05) is 13.8 Å². The third-order valence-electron chi connectivity index (χ3n) is 2.13. The molecule has 0 saturated carbocycles. The van der Waals surface area contributed by atoms with Crippen LogP contribution in [0.4, 0.5) is 0 Å². The number of rotatable bonds is 7. The van der Waals surface area contributed by atoms with Crippen LogP contribution in [0.15, 0.2) is 0 Å². The first-order valence-corrected chi connectivity index (χ1v) is 5.18. The van der Waals surface area contributed by atoms with Gasteiger partial charge in [0.1, 0.15) is 0 Å². The lowest BCUT2D eigenvalue weighted by Gasteiger charge is -2.28. The second kappa shape index (κ2) is 6.79. The minimum Gasteiger partial charge on any atom is -0.464 e. The summed E-state index contributed by atoms with van der Waals surface area (Å²) >= 11 is 0. The molecule has 0 spiro atoms. The third kappa shape index (κ3) is 3.27. The topological polar surface area (TPSA) is 61.5 Å². The maximum absolute atomic E-state index is 11.6. The van der Waals surface area contributed by atoms with Gasteiger partial charge in [0.05, 0.1) is 6.61 Å². The number of nitrogens with two attached hydrogens (primary N) is 1. The van der Waals surface area contributed by atoms with Crippen LogP contribution in [0.25, 0.3) is 0 Å². The van der Waals surface area contributed by atoms with Crippen molar-refractivity contribution in [3.8, 4) is 0 Å². The molecular formula is C10H21NO3. The van der Waals surface area contributed by atoms with Crippen LogP contribution in [-0.2, 0) is 14.3 Å². The Morgan fingerprint density at radius 1 is 1.36 bits per heavy atom. The Bertz CT molecular complexity index is 167. The molecule has 0 aliphatic heterocycles. The van der Waals surface area contributed by atoms with E-state index in [0.29, 0.717) is 19.6 Å². The van der Waals surface area contributed by atoms with Gasteiger partial charge in [0.25, 0.3) is 0 Å². The number of hydrogen-bond acceptors (Lipinski definition) is 4. The largest absolute Gasteiger partial charge is 0.464 e. The highest BCUT2D eigenvalue weighted by atomic mass is 16.6. The number of hydrogen-bond donors (Lipinski definition) is 1. The zero-order valence-corrected chi connectivity index (χ0v) is 9.34. The molecule has 2 N–H and O–H groups in total. The molecule has 4 nitrogen and oxygen atoms in total. The van der Waals surface area contributed by atoms with Gasteiger partial charge in [0.2, 0.25) is 0 Å². The van der Waals surface area contributed by atoms with Crippen LogP contribution in [0.3, 0.4) is 0 Å². The van der Waals surface area contributed by atoms with Crippen molar-refractivity contribution in [3.63, 3.8) is 0 Å². The highest BCUT2D eigenvalue weighted by Gasteiger charge is 2.37. The molecule has 0 fully saturated rings. The van der Waals surface area contributed by atoms with Gasteiger partial charge in [0.15, 0.2) is 5.60 Å². The first-order valence-electron chi connectivity index (χ1n) is 5.18. The Labute approximate surface area is 85.8 Å². The van der Waals surface area contributed by atoms with Crippen LogP contribution in [0.5, 0.6) is 0 Å². The number of esters is 1. The van der Waals surface area contributed by atoms with Crippen molar-refractivity contribution in [3.05, 3.63) is 0 Å². The molecule has 0 heterocycles. The fraction of sp³-hybridized carbons (Fsp3) is 0.900. The molecule has 0 aromatic carbocycles. The molecule has 14 heavy (non-hydrogen) atoms. The van der Waals surface area contributed by atoms with Crippen LogP contribution in [-0.4, -0.2) is 31.3 Å². The van der Waals surface area contributed by atoms with Gasteiger partial charge in [-0.25, -0.2) is 4.79 Å². The SMILES string of the molecule is CCCOC(CC)(CN)C(=O)OCC. The Morgan fingerprint density at radius 2 is 2.00 bits per heavy atom. The van der Waals surface area contributed by atoms with Gasteiger partial charge < -0.3 is 15.2 Å². The predicted octanol–water partition coefficient (Wildman–Crippen LogP) is 1.08. The fourth-order valence-corrected chi connectivity index (χ4v) is 1.15. The van der Waals surface area contributed by atoms with E-state index in [2.05, 4.69) is 0 Å². The van der Waals surface area contributed by atoms with Crippen molar-refractivity contribution in [2.45, 2.75) is 39.2 Å². The summed E-state index contributed by atoms with van der Waals surface area (Å²) in [6.45, 7) is 6.69. The highest BCUT2D eigenvalue weighted by Crippen LogP contribution is 2.17. The molecule has 4 heteroatoms. The van der Waals surface area contributed by atoms with Gasteiger partial charge in [-0.05, 0) is 19.8 Å². The standard InChI is InChI=1S/C10H21NO3/c1-4-7-14-10(5-2,8-11)9(12)13-6-3/h4-8,11H2,1-3H3. The van der Waals surface area contributed by atoms with Crippen LogP contribution >= 0.6 is 0 Å². The van der Waals surface area contributed by atoms with E-state index < -0.39 is 5.60 Å². The van der Waals surface area contributed by atoms with E-state index in [0.717, 1.165) is 6.42 Å². The first kappa shape index (κ1) is 13.4. The molecule has 0 aliphatic carbocycles. The van der Waals surface area contributed by atoms with Crippen LogP contribution in [0.1, 0.15) is 33.6 Å². The van der Waals surface area contributed by atoms with Gasteiger partial charge in [0, 0.05) is 13.2 Å². The quantitative estimate of drug-likeness (QED) is 0.629. The summed E-state index contributed by atoms with van der Waals surface area (Å²) in [5.74, 6) is -0.349. The summed E-state index contributed by atoms with van der Waals surface area (Å²) in [6.07, 6.45) is 1.41. The first-order chi connectivity index (χ1) is 6.66. The molecule has 0 amide bonds. The van der Waals surface area contributed by atoms with Crippen molar-refractivity contribution in [1.29, 1.82) is 0 Å². The summed E-state index contributed by atoms with van der Waals surface area (Å²) < 4.78 is 10.4. The molecule has 0 aliphatic rings. The lowest BCUT2D eigenvalue weighted by molar-refractivity contribution is -0.171. The maximum atomic E-state index is 11.6. The van der Waals surface area contributed by atoms with Crippen LogP contribution < -0.4 is 5.73 Å². The second-order valence-electron chi connectivity index (χ2n) is 3.12. The number of ether oxygens (including phenoxy) is 2. The molecule has 0 saturated heterocycles. The van der Waals surface area contributed by atoms with E-state index in [1.54, 1.807) is 6.92 Å². The molecular weight excluding hydrogens is 182 g/mol. The highest BCUT2D eigenvalue weighted by molar-refractivity contribution is 5.79. The third-order valence-corrected chi connectivity index (χ3v) is 2.13. The zero-order valence-electron chi connectivity index (χ0n) is 9.34. The van der Waals surface area contributed by atoms with Gasteiger partial charge >= 0.3 is 5.97 Å². The summed E-state index contributed by atoms with van der Waals surface area (Å²) in [7, 11) is 0. The Kier molecular flexibility index (Phi) is 6.49. The Balaban J connectivity index is 4.42. The van der Waals surface area contributed by atoms with Crippen molar-refractivity contribution in [2.24, 2.45) is 5.73 Å². The van der Waals surface area contributed by atoms with E-state index in [1.165, 1.54) is 0 Å². The van der Waals surface area contributed by atoms with Crippen molar-refractivity contribution >= 4 is 5.97 Å². The van der Waals surface area contributed by atoms with E-state index in [4.69, 9.17) is 15.2 Å². The molecule has 0 aromatic heterocycles. The average Bonchev–Trinajstić information content (AvgIpc) is 2.21. The van der Waals surface area contributed by atoms with Crippen molar-refractivity contribution in [2.75, 3.05) is 19.8 Å². The number of carbonyl (C=O) groups is 1. The lowest BCUT2D eigenvalue weighted by Crippen LogP contribution is -2.49. The van der Waals surface area contributed by atoms with E-state index in [-0.39, 0.29) is 12.5 Å². The monoisotopic (exact) mass is 203 g/mol. The Hall–Kier alpha value is -0.610. The lowest BCUT2D eigenvalue weighted by atomic mass is 10.0. The fourth-order valence-electron chi connectivity index (χ4n) is 1.15. The van der Waals surface area contributed by atoms with E-state index in [9.17, 15) is 4.79 Å². The van der Waals surface area contributed by atoms with Gasteiger partial charge in [-0.15, -0.1) is 0 Å².